The second-order valence-corrected chi connectivity index (χ2v) is 8.64. The van der Waals surface area contributed by atoms with E-state index in [0.717, 1.165) is 5.39 Å². The molecular formula is C24H21ClFN5O3S. The summed E-state index contributed by atoms with van der Waals surface area (Å²) < 4.78 is 20.3. The van der Waals surface area contributed by atoms with Gasteiger partial charge in [-0.15, -0.1) is 23.7 Å². The number of fused-ring (bicyclic) bond motifs is 1. The number of benzene rings is 2. The maximum absolute atomic E-state index is 15.1. The smallest absolute Gasteiger partial charge is 0.275 e. The van der Waals surface area contributed by atoms with Crippen LogP contribution in [0.1, 0.15) is 28.0 Å². The first kappa shape index (κ1) is 24.6. The zero-order chi connectivity index (χ0) is 23.8. The molecule has 0 saturated heterocycles. The van der Waals surface area contributed by atoms with Crippen LogP contribution in [0, 0.1) is 5.82 Å². The van der Waals surface area contributed by atoms with Crippen molar-refractivity contribution in [2.75, 3.05) is 5.32 Å². The molecule has 4 aromatic rings. The standard InChI is InChI=1S/C24H20FN5O3S.ClH/c1-12-5-15(10-33-24(12)32)23-29-20(11-34-23)22(31)28-19-7-18-14(9-27-30-18)6-17(19)16-4-2-3-13(8-26)21(16)25;/h2-7,9-11,24,32H,8,26H2,1H3,(H,27,30)(H,28,31);1H. The largest absolute Gasteiger partial charge is 0.468 e. The number of nitrogens with one attached hydrogen (secondary N) is 2. The SMILES string of the molecule is CC1=CC(c2nc(C(=O)Nc3cc4[nH]ncc4cc3-c3cccc(CN)c3F)cs2)=COC1O.Cl. The molecule has 5 rings (SSSR count). The van der Waals surface area contributed by atoms with E-state index in [4.69, 9.17) is 10.5 Å². The van der Waals surface area contributed by atoms with E-state index in [1.165, 1.54) is 17.6 Å². The lowest BCUT2D eigenvalue weighted by Gasteiger charge is -2.16. The highest BCUT2D eigenvalue weighted by atomic mass is 35.5. The van der Waals surface area contributed by atoms with Gasteiger partial charge in [-0.3, -0.25) is 9.89 Å². The minimum absolute atomic E-state index is 0. The third-order valence-corrected chi connectivity index (χ3v) is 6.39. The van der Waals surface area contributed by atoms with Crippen molar-refractivity contribution in [3.05, 3.63) is 81.9 Å². The first-order valence-electron chi connectivity index (χ1n) is 10.4. The van der Waals surface area contributed by atoms with Crippen molar-refractivity contribution < 1.29 is 19.0 Å². The molecule has 0 saturated carbocycles. The van der Waals surface area contributed by atoms with Crippen LogP contribution in [0.15, 0.2) is 59.8 Å². The monoisotopic (exact) mass is 513 g/mol. The molecule has 1 amide bonds. The fraction of sp³-hybridized carbons (Fsp3) is 0.125. The van der Waals surface area contributed by atoms with Crippen LogP contribution in [0.4, 0.5) is 10.1 Å². The molecule has 1 atom stereocenters. The summed E-state index contributed by atoms with van der Waals surface area (Å²) in [6.07, 6.45) is 3.82. The maximum atomic E-state index is 15.1. The Bertz CT molecular complexity index is 1480. The van der Waals surface area contributed by atoms with E-state index in [1.54, 1.807) is 54.9 Å². The summed E-state index contributed by atoms with van der Waals surface area (Å²) in [5.41, 5.74) is 9.48. The van der Waals surface area contributed by atoms with Crippen molar-refractivity contribution in [2.45, 2.75) is 19.8 Å². The zero-order valence-electron chi connectivity index (χ0n) is 18.4. The molecule has 3 heterocycles. The molecule has 2 aromatic carbocycles. The van der Waals surface area contributed by atoms with E-state index in [9.17, 15) is 9.90 Å². The Morgan fingerprint density at radius 3 is 2.94 bits per heavy atom. The summed E-state index contributed by atoms with van der Waals surface area (Å²) in [7, 11) is 0. The average molecular weight is 514 g/mol. The van der Waals surface area contributed by atoms with Crippen LogP contribution in [0.3, 0.4) is 0 Å². The Balaban J connectivity index is 0.00000289. The number of amides is 1. The lowest BCUT2D eigenvalue weighted by Crippen LogP contribution is -2.14. The molecule has 180 valence electrons. The van der Waals surface area contributed by atoms with Gasteiger partial charge in [-0.1, -0.05) is 18.2 Å². The van der Waals surface area contributed by atoms with Gasteiger partial charge < -0.3 is 20.9 Å². The van der Waals surface area contributed by atoms with E-state index in [2.05, 4.69) is 20.5 Å². The lowest BCUT2D eigenvalue weighted by atomic mass is 9.98. The number of carbonyl (C=O) groups excluding carboxylic acids is 1. The van der Waals surface area contributed by atoms with Crippen LogP contribution in [-0.4, -0.2) is 32.5 Å². The van der Waals surface area contributed by atoms with Gasteiger partial charge in [0.1, 0.15) is 16.5 Å². The number of halogens is 2. The summed E-state index contributed by atoms with van der Waals surface area (Å²) in [6.45, 7) is 1.80. The summed E-state index contributed by atoms with van der Waals surface area (Å²) in [6, 6.07) is 8.48. The topological polar surface area (TPSA) is 126 Å². The second-order valence-electron chi connectivity index (χ2n) is 7.78. The Labute approximate surface area is 209 Å². The van der Waals surface area contributed by atoms with Gasteiger partial charge in [0.15, 0.2) is 0 Å². The highest BCUT2D eigenvalue weighted by Crippen LogP contribution is 2.35. The predicted octanol–water partition coefficient (Wildman–Crippen LogP) is 4.59. The van der Waals surface area contributed by atoms with Crippen molar-refractivity contribution in [3.8, 4) is 11.1 Å². The van der Waals surface area contributed by atoms with Crippen molar-refractivity contribution >= 4 is 51.8 Å². The Morgan fingerprint density at radius 2 is 2.17 bits per heavy atom. The third kappa shape index (κ3) is 4.69. The van der Waals surface area contributed by atoms with Gasteiger partial charge >= 0.3 is 0 Å². The number of aliphatic hydroxyl groups excluding tert-OH is 1. The van der Waals surface area contributed by atoms with E-state index < -0.39 is 18.0 Å². The van der Waals surface area contributed by atoms with Crippen LogP contribution < -0.4 is 11.1 Å². The number of anilines is 1. The molecule has 1 aliphatic heterocycles. The van der Waals surface area contributed by atoms with Crippen molar-refractivity contribution in [1.29, 1.82) is 0 Å². The minimum Gasteiger partial charge on any atom is -0.468 e. The number of allylic oxidation sites excluding steroid dienone is 2. The highest BCUT2D eigenvalue weighted by Gasteiger charge is 2.20. The number of H-pyrrole nitrogens is 1. The van der Waals surface area contributed by atoms with Crippen LogP contribution in [0.2, 0.25) is 0 Å². The number of nitrogens with two attached hydrogens (primary N) is 1. The number of hydrogen-bond acceptors (Lipinski definition) is 7. The number of nitrogens with zero attached hydrogens (tertiary/aromatic N) is 2. The van der Waals surface area contributed by atoms with Gasteiger partial charge in [-0.2, -0.15) is 5.10 Å². The van der Waals surface area contributed by atoms with E-state index in [-0.39, 0.29) is 24.6 Å². The predicted molar refractivity (Wildman–Crippen MR) is 136 cm³/mol. The molecule has 0 bridgehead atoms. The normalized spacial score (nSPS) is 15.1. The lowest BCUT2D eigenvalue weighted by molar-refractivity contribution is -0.0219. The van der Waals surface area contributed by atoms with Crippen LogP contribution in [0.25, 0.3) is 27.6 Å². The maximum Gasteiger partial charge on any atom is 0.275 e. The van der Waals surface area contributed by atoms with Crippen molar-refractivity contribution in [2.24, 2.45) is 5.73 Å². The van der Waals surface area contributed by atoms with Gasteiger partial charge in [-0.05, 0) is 30.7 Å². The molecule has 2 aromatic heterocycles. The number of carbonyl (C=O) groups is 1. The number of aromatic nitrogens is 3. The van der Waals surface area contributed by atoms with E-state index in [1.807, 2.05) is 0 Å². The highest BCUT2D eigenvalue weighted by molar-refractivity contribution is 7.11. The fourth-order valence-corrected chi connectivity index (χ4v) is 4.45. The number of hydrogen-bond donors (Lipinski definition) is 4. The summed E-state index contributed by atoms with van der Waals surface area (Å²) in [5.74, 6) is -0.885. The second kappa shape index (κ2) is 9.96. The fourth-order valence-electron chi connectivity index (χ4n) is 3.67. The Morgan fingerprint density at radius 1 is 1.34 bits per heavy atom. The molecule has 5 N–H and O–H groups in total. The molecule has 11 heteroatoms. The van der Waals surface area contributed by atoms with E-state index in [0.29, 0.717) is 44.0 Å². The molecule has 0 fully saturated rings. The summed E-state index contributed by atoms with van der Waals surface area (Å²) >= 11 is 1.27. The molecule has 0 radical (unpaired) electrons. The number of aliphatic hydroxyl groups is 1. The first-order chi connectivity index (χ1) is 16.4. The summed E-state index contributed by atoms with van der Waals surface area (Å²) in [5, 5.41) is 22.4. The van der Waals surface area contributed by atoms with Crippen LogP contribution in [0.5, 0.6) is 0 Å². The van der Waals surface area contributed by atoms with Gasteiger partial charge in [0.2, 0.25) is 6.29 Å². The number of thiazole rings is 1. The van der Waals surface area contributed by atoms with Gasteiger partial charge in [0, 0.05) is 39.6 Å². The zero-order valence-corrected chi connectivity index (χ0v) is 20.0. The molecule has 1 unspecified atom stereocenters. The van der Waals surface area contributed by atoms with Gasteiger partial charge in [-0.25, -0.2) is 9.37 Å². The molecule has 0 spiro atoms. The Kier molecular flexibility index (Phi) is 6.99. The van der Waals surface area contributed by atoms with Gasteiger partial charge in [0.05, 0.1) is 23.7 Å². The van der Waals surface area contributed by atoms with E-state index >= 15 is 4.39 Å². The van der Waals surface area contributed by atoms with Crippen molar-refractivity contribution in [1.82, 2.24) is 15.2 Å². The number of rotatable bonds is 5. The number of ether oxygens (including phenoxy) is 1. The van der Waals surface area contributed by atoms with Crippen LogP contribution in [-0.2, 0) is 11.3 Å². The molecule has 0 aliphatic carbocycles. The van der Waals surface area contributed by atoms with Crippen molar-refractivity contribution in [3.63, 3.8) is 0 Å². The quantitative estimate of drug-likeness (QED) is 0.309. The molecular weight excluding hydrogens is 493 g/mol. The minimum atomic E-state index is -0.986. The Hall–Kier alpha value is -3.57. The van der Waals surface area contributed by atoms with Crippen LogP contribution >= 0.6 is 23.7 Å². The summed E-state index contributed by atoms with van der Waals surface area (Å²) in [4.78, 5) is 17.5. The molecule has 1 aliphatic rings. The van der Waals surface area contributed by atoms with Gasteiger partial charge in [0.25, 0.3) is 5.91 Å². The molecule has 35 heavy (non-hydrogen) atoms. The third-order valence-electron chi connectivity index (χ3n) is 5.50. The number of aromatic amines is 1. The average Bonchev–Trinajstić information content (AvgIpc) is 3.50. The first-order valence-corrected chi connectivity index (χ1v) is 11.3. The molecule has 8 nitrogen and oxygen atoms in total.